The number of fused-ring (bicyclic) bond motifs is 1. The van der Waals surface area contributed by atoms with Crippen molar-refractivity contribution in [2.45, 2.75) is 48.3 Å². The van der Waals surface area contributed by atoms with Gasteiger partial charge in [-0.15, -0.1) is 0 Å². The van der Waals surface area contributed by atoms with E-state index in [0.717, 1.165) is 43.5 Å². The van der Waals surface area contributed by atoms with Crippen LogP contribution in [0.3, 0.4) is 0 Å². The van der Waals surface area contributed by atoms with Crippen LogP contribution in [0.4, 0.5) is 0 Å². The first kappa shape index (κ1) is 16.1. The van der Waals surface area contributed by atoms with Crippen LogP contribution in [0.5, 0.6) is 0 Å². The summed E-state index contributed by atoms with van der Waals surface area (Å²) in [5, 5.41) is 11.4. The third kappa shape index (κ3) is 3.49. The number of hydrogen-bond donors (Lipinski definition) is 1. The van der Waals surface area contributed by atoms with Crippen molar-refractivity contribution in [1.29, 1.82) is 0 Å². The molecule has 0 aromatic carbocycles. The van der Waals surface area contributed by atoms with Crippen LogP contribution in [-0.2, 0) is 6.54 Å². The smallest absolute Gasteiger partial charge is 0.195 e. The normalized spacial score (nSPS) is 28.2. The number of aliphatic hydroxyl groups excluding tert-OH is 1. The lowest BCUT2D eigenvalue weighted by molar-refractivity contribution is 0.0476. The molecule has 0 amide bonds. The maximum absolute atomic E-state index is 9.87. The van der Waals surface area contributed by atoms with Crippen molar-refractivity contribution in [2.75, 3.05) is 19.6 Å². The third-order valence-corrected chi connectivity index (χ3v) is 5.62. The molecular weight excluding hydrogens is 324 g/mol. The first-order valence-corrected chi connectivity index (χ1v) is 9.19. The molecule has 0 saturated carbocycles. The van der Waals surface area contributed by atoms with Crippen molar-refractivity contribution in [3.8, 4) is 0 Å². The zero-order valence-corrected chi connectivity index (χ0v) is 14.5. The largest absolute Gasteiger partial charge is 0.453 e. The van der Waals surface area contributed by atoms with Crippen LogP contribution in [0.15, 0.2) is 45.3 Å². The molecule has 0 aliphatic carbocycles. The summed E-state index contributed by atoms with van der Waals surface area (Å²) in [6.07, 6.45) is 4.18. The Balaban J connectivity index is 1.39. The van der Waals surface area contributed by atoms with E-state index in [2.05, 4.69) is 26.7 Å². The van der Waals surface area contributed by atoms with Gasteiger partial charge >= 0.3 is 0 Å². The quantitative estimate of drug-likeness (QED) is 0.848. The van der Waals surface area contributed by atoms with Crippen LogP contribution < -0.4 is 0 Å². The van der Waals surface area contributed by atoms with E-state index in [4.69, 9.17) is 4.42 Å². The second-order valence-electron chi connectivity index (χ2n) is 6.63. The van der Waals surface area contributed by atoms with Gasteiger partial charge < -0.3 is 9.52 Å². The van der Waals surface area contributed by atoms with Gasteiger partial charge in [0.05, 0.1) is 12.6 Å². The minimum atomic E-state index is -0.167. The van der Waals surface area contributed by atoms with Crippen LogP contribution in [0.1, 0.15) is 19.1 Å². The van der Waals surface area contributed by atoms with E-state index in [-0.39, 0.29) is 6.10 Å². The average Bonchev–Trinajstić information content (AvgIpc) is 3.14. The van der Waals surface area contributed by atoms with Crippen LogP contribution in [0.2, 0.25) is 0 Å². The molecular formula is C17H22N4O2S. The molecule has 7 heteroatoms. The summed E-state index contributed by atoms with van der Waals surface area (Å²) in [5.41, 5.74) is 0. The van der Waals surface area contributed by atoms with E-state index in [9.17, 15) is 5.11 Å². The fourth-order valence-electron chi connectivity index (χ4n) is 3.62. The van der Waals surface area contributed by atoms with Gasteiger partial charge in [0.15, 0.2) is 10.2 Å². The van der Waals surface area contributed by atoms with E-state index < -0.39 is 0 Å². The van der Waals surface area contributed by atoms with Crippen LogP contribution in [-0.4, -0.2) is 62.7 Å². The minimum absolute atomic E-state index is 0.167. The van der Waals surface area contributed by atoms with E-state index in [1.54, 1.807) is 18.5 Å². The molecule has 0 spiro atoms. The summed E-state index contributed by atoms with van der Waals surface area (Å²) < 4.78 is 5.95. The Morgan fingerprint density at radius 3 is 2.92 bits per heavy atom. The molecule has 2 aliphatic heterocycles. The molecule has 2 fully saturated rings. The van der Waals surface area contributed by atoms with Gasteiger partial charge in [-0.3, -0.25) is 9.80 Å². The Kier molecular flexibility index (Phi) is 4.58. The molecule has 2 saturated heterocycles. The molecule has 2 aromatic heterocycles. The summed E-state index contributed by atoms with van der Waals surface area (Å²) in [7, 11) is 0. The molecule has 24 heavy (non-hydrogen) atoms. The summed E-state index contributed by atoms with van der Waals surface area (Å²) >= 11 is 1.44. The molecule has 0 bridgehead atoms. The Labute approximate surface area is 145 Å². The highest BCUT2D eigenvalue weighted by molar-refractivity contribution is 7.99. The number of piperazine rings is 1. The molecule has 0 radical (unpaired) electrons. The lowest BCUT2D eigenvalue weighted by Crippen LogP contribution is -2.54. The van der Waals surface area contributed by atoms with Gasteiger partial charge in [-0.1, -0.05) is 0 Å². The fourth-order valence-corrected chi connectivity index (χ4v) is 4.32. The van der Waals surface area contributed by atoms with Crippen molar-refractivity contribution in [3.05, 3.63) is 36.4 Å². The van der Waals surface area contributed by atoms with Crippen molar-refractivity contribution in [3.63, 3.8) is 0 Å². The van der Waals surface area contributed by atoms with Crippen LogP contribution in [0, 0.1) is 0 Å². The number of nitrogens with zero attached hydrogens (tertiary/aromatic N) is 4. The Morgan fingerprint density at radius 1 is 1.25 bits per heavy atom. The van der Waals surface area contributed by atoms with Crippen molar-refractivity contribution >= 4 is 11.8 Å². The Hall–Kier alpha value is -1.41. The molecule has 3 atom stereocenters. The third-order valence-electron chi connectivity index (χ3n) is 4.80. The fraction of sp³-hybridized carbons (Fsp3) is 0.529. The number of furan rings is 1. The van der Waals surface area contributed by atoms with Gasteiger partial charge in [-0.2, -0.15) is 0 Å². The van der Waals surface area contributed by atoms with E-state index in [0.29, 0.717) is 17.2 Å². The molecule has 2 aromatic rings. The Bertz CT molecular complexity index is 680. The van der Waals surface area contributed by atoms with Gasteiger partial charge in [-0.25, -0.2) is 9.97 Å². The highest BCUT2D eigenvalue weighted by Gasteiger charge is 2.38. The standard InChI is InChI=1S/C17H22N4O2S/c1-12-8-21-10-14(22)7-13(21)9-20(12)11-15-3-4-16(23-15)24-17-18-5-2-6-19-17/h2-6,12-14,22H,7-11H2,1H3/t12-,13-,14-/m1/s1. The van der Waals surface area contributed by atoms with Gasteiger partial charge in [-0.05, 0) is 43.3 Å². The van der Waals surface area contributed by atoms with Crippen LogP contribution >= 0.6 is 11.8 Å². The van der Waals surface area contributed by atoms with Gasteiger partial charge in [0, 0.05) is 44.1 Å². The molecule has 2 aliphatic rings. The van der Waals surface area contributed by atoms with Gasteiger partial charge in [0.2, 0.25) is 0 Å². The maximum atomic E-state index is 9.87. The first-order chi connectivity index (χ1) is 11.7. The number of aromatic nitrogens is 2. The average molecular weight is 346 g/mol. The summed E-state index contributed by atoms with van der Waals surface area (Å²) in [4.78, 5) is 13.3. The second kappa shape index (κ2) is 6.84. The van der Waals surface area contributed by atoms with E-state index in [1.807, 2.05) is 12.1 Å². The van der Waals surface area contributed by atoms with E-state index in [1.165, 1.54) is 11.8 Å². The predicted octanol–water partition coefficient (Wildman–Crippen LogP) is 1.86. The molecule has 0 unspecified atom stereocenters. The summed E-state index contributed by atoms with van der Waals surface area (Å²) in [6, 6.07) is 6.76. The van der Waals surface area contributed by atoms with Crippen molar-refractivity contribution < 1.29 is 9.52 Å². The number of rotatable bonds is 4. The molecule has 128 valence electrons. The summed E-state index contributed by atoms with van der Waals surface area (Å²) in [6.45, 7) is 5.88. The predicted molar refractivity (Wildman–Crippen MR) is 90.7 cm³/mol. The zero-order chi connectivity index (χ0) is 16.5. The zero-order valence-electron chi connectivity index (χ0n) is 13.7. The van der Waals surface area contributed by atoms with Crippen molar-refractivity contribution in [1.82, 2.24) is 19.8 Å². The van der Waals surface area contributed by atoms with Crippen molar-refractivity contribution in [2.24, 2.45) is 0 Å². The van der Waals surface area contributed by atoms with Gasteiger partial charge in [0.25, 0.3) is 0 Å². The lowest BCUT2D eigenvalue weighted by Gasteiger charge is -2.41. The summed E-state index contributed by atoms with van der Waals surface area (Å²) in [5.74, 6) is 0.965. The second-order valence-corrected chi connectivity index (χ2v) is 7.60. The monoisotopic (exact) mass is 346 g/mol. The Morgan fingerprint density at radius 2 is 2.08 bits per heavy atom. The van der Waals surface area contributed by atoms with E-state index >= 15 is 0 Å². The van der Waals surface area contributed by atoms with Gasteiger partial charge in [0.1, 0.15) is 5.76 Å². The number of hydrogen-bond acceptors (Lipinski definition) is 7. The lowest BCUT2D eigenvalue weighted by atomic mass is 10.1. The number of aliphatic hydroxyl groups is 1. The first-order valence-electron chi connectivity index (χ1n) is 8.37. The molecule has 1 N–H and O–H groups in total. The maximum Gasteiger partial charge on any atom is 0.195 e. The molecule has 4 rings (SSSR count). The highest BCUT2D eigenvalue weighted by atomic mass is 32.2. The van der Waals surface area contributed by atoms with Crippen LogP contribution in [0.25, 0.3) is 0 Å². The molecule has 6 nitrogen and oxygen atoms in total. The topological polar surface area (TPSA) is 65.6 Å². The minimum Gasteiger partial charge on any atom is -0.453 e. The molecule has 4 heterocycles. The highest BCUT2D eigenvalue weighted by Crippen LogP contribution is 2.29. The SMILES string of the molecule is C[C@@H]1CN2C[C@H](O)C[C@@H]2CN1Cc1ccc(Sc2ncccn2)o1.